The number of rotatable bonds is 3. The fourth-order valence-corrected chi connectivity index (χ4v) is 1.69. The van der Waals surface area contributed by atoms with E-state index in [1.165, 1.54) is 0 Å². The van der Waals surface area contributed by atoms with Gasteiger partial charge in [-0.25, -0.2) is 0 Å². The molecular formula is C11H12Cl2N2O. The lowest BCUT2D eigenvalue weighted by atomic mass is 10.1. The summed E-state index contributed by atoms with van der Waals surface area (Å²) in [6.07, 6.45) is 0.280. The highest BCUT2D eigenvalue weighted by atomic mass is 35.5. The third-order valence-electron chi connectivity index (χ3n) is 2.24. The van der Waals surface area contributed by atoms with E-state index in [-0.39, 0.29) is 24.1 Å². The van der Waals surface area contributed by atoms with Crippen molar-refractivity contribution in [3.8, 4) is 0 Å². The van der Waals surface area contributed by atoms with Crippen LogP contribution >= 0.6 is 24.0 Å². The van der Waals surface area contributed by atoms with Crippen LogP contribution in [0.1, 0.15) is 11.1 Å². The van der Waals surface area contributed by atoms with Gasteiger partial charge in [-0.1, -0.05) is 24.3 Å². The second-order valence-corrected chi connectivity index (χ2v) is 3.81. The number of halogens is 2. The van der Waals surface area contributed by atoms with Gasteiger partial charge in [0.2, 0.25) is 5.24 Å². The van der Waals surface area contributed by atoms with E-state index in [0.29, 0.717) is 0 Å². The molecule has 1 aliphatic rings. The molecule has 1 aliphatic heterocycles. The summed E-state index contributed by atoms with van der Waals surface area (Å²) in [4.78, 5) is 15.0. The van der Waals surface area contributed by atoms with Crippen LogP contribution in [0.3, 0.4) is 0 Å². The first-order chi connectivity index (χ1) is 7.25. The van der Waals surface area contributed by atoms with Crippen LogP contribution < -0.4 is 5.32 Å². The quantitative estimate of drug-likeness (QED) is 0.840. The number of carbonyl (C=O) groups is 1. The van der Waals surface area contributed by atoms with Crippen LogP contribution in [0, 0.1) is 0 Å². The van der Waals surface area contributed by atoms with Crippen LogP contribution in [-0.2, 0) is 11.2 Å². The van der Waals surface area contributed by atoms with Crippen molar-refractivity contribution in [2.75, 3.05) is 13.1 Å². The second kappa shape index (κ2) is 5.87. The first-order valence-electron chi connectivity index (χ1n) is 4.81. The van der Waals surface area contributed by atoms with Crippen molar-refractivity contribution >= 4 is 35.1 Å². The van der Waals surface area contributed by atoms with Gasteiger partial charge in [0, 0.05) is 18.5 Å². The molecule has 0 saturated carbocycles. The molecule has 3 nitrogen and oxygen atoms in total. The van der Waals surface area contributed by atoms with Crippen molar-refractivity contribution in [2.45, 2.75) is 6.42 Å². The maximum atomic E-state index is 10.7. The smallest absolute Gasteiger partial charge is 0.226 e. The van der Waals surface area contributed by atoms with Gasteiger partial charge < -0.3 is 5.32 Å². The van der Waals surface area contributed by atoms with E-state index >= 15 is 0 Å². The number of hydrogen-bond acceptors (Lipinski definition) is 3. The minimum atomic E-state index is -0.334. The minimum absolute atomic E-state index is 0. The highest BCUT2D eigenvalue weighted by Gasteiger charge is 2.07. The van der Waals surface area contributed by atoms with Gasteiger partial charge in [0.25, 0.3) is 0 Å². The Labute approximate surface area is 105 Å². The van der Waals surface area contributed by atoms with Crippen molar-refractivity contribution in [1.29, 1.82) is 0 Å². The molecule has 2 rings (SSSR count). The van der Waals surface area contributed by atoms with Crippen molar-refractivity contribution in [3.05, 3.63) is 35.4 Å². The largest absolute Gasteiger partial charge is 0.368 e. The Hall–Kier alpha value is -1.06. The van der Waals surface area contributed by atoms with Crippen LogP contribution in [0.2, 0.25) is 0 Å². The topological polar surface area (TPSA) is 41.5 Å². The Morgan fingerprint density at radius 3 is 2.56 bits per heavy atom. The van der Waals surface area contributed by atoms with E-state index in [2.05, 4.69) is 10.3 Å². The fraction of sp³-hybridized carbons (Fsp3) is 0.273. The summed E-state index contributed by atoms with van der Waals surface area (Å²) in [6.45, 7) is 1.73. The molecule has 0 amide bonds. The predicted molar refractivity (Wildman–Crippen MR) is 67.7 cm³/mol. The van der Waals surface area contributed by atoms with Crippen LogP contribution in [0.5, 0.6) is 0 Å². The summed E-state index contributed by atoms with van der Waals surface area (Å²) in [7, 11) is 0. The van der Waals surface area contributed by atoms with Crippen LogP contribution in [-0.4, -0.2) is 24.2 Å². The molecule has 5 heteroatoms. The lowest BCUT2D eigenvalue weighted by Crippen LogP contribution is -2.19. The molecule has 86 valence electrons. The van der Waals surface area contributed by atoms with Gasteiger partial charge in [-0.2, -0.15) is 0 Å². The van der Waals surface area contributed by atoms with E-state index in [9.17, 15) is 4.79 Å². The molecule has 0 spiro atoms. The van der Waals surface area contributed by atoms with E-state index in [0.717, 1.165) is 30.1 Å². The Morgan fingerprint density at radius 1 is 1.38 bits per heavy atom. The SMILES string of the molecule is Cl.O=C(Cl)Cc1ccc(C2=NCCN2)cc1. The lowest BCUT2D eigenvalue weighted by Gasteiger charge is -2.03. The van der Waals surface area contributed by atoms with Gasteiger partial charge in [0.05, 0.1) is 6.54 Å². The zero-order chi connectivity index (χ0) is 10.7. The third-order valence-corrected chi connectivity index (χ3v) is 2.38. The molecule has 1 aromatic carbocycles. The van der Waals surface area contributed by atoms with Gasteiger partial charge >= 0.3 is 0 Å². The summed E-state index contributed by atoms with van der Waals surface area (Å²) in [6, 6.07) is 7.70. The Balaban J connectivity index is 0.00000128. The molecular weight excluding hydrogens is 247 g/mol. The first-order valence-corrected chi connectivity index (χ1v) is 5.19. The molecule has 0 bridgehead atoms. The molecule has 16 heavy (non-hydrogen) atoms. The van der Waals surface area contributed by atoms with Gasteiger partial charge in [0.15, 0.2) is 0 Å². The van der Waals surface area contributed by atoms with Gasteiger partial charge in [-0.15, -0.1) is 12.4 Å². The molecule has 0 saturated heterocycles. The lowest BCUT2D eigenvalue weighted by molar-refractivity contribution is -0.111. The average Bonchev–Trinajstić information content (AvgIpc) is 2.71. The summed E-state index contributed by atoms with van der Waals surface area (Å²) in [5.41, 5.74) is 1.98. The molecule has 0 aliphatic carbocycles. The molecule has 0 radical (unpaired) electrons. The number of amidine groups is 1. The monoisotopic (exact) mass is 258 g/mol. The maximum Gasteiger partial charge on any atom is 0.226 e. The van der Waals surface area contributed by atoms with Gasteiger partial charge in [-0.05, 0) is 17.2 Å². The van der Waals surface area contributed by atoms with E-state index in [4.69, 9.17) is 11.6 Å². The molecule has 1 N–H and O–H groups in total. The Morgan fingerprint density at radius 2 is 2.06 bits per heavy atom. The fourth-order valence-electron chi connectivity index (χ4n) is 1.53. The minimum Gasteiger partial charge on any atom is -0.368 e. The number of nitrogens with one attached hydrogen (secondary N) is 1. The summed E-state index contributed by atoms with van der Waals surface area (Å²) in [5, 5.41) is 2.86. The summed E-state index contributed by atoms with van der Waals surface area (Å²) >= 11 is 5.30. The zero-order valence-electron chi connectivity index (χ0n) is 8.57. The van der Waals surface area contributed by atoms with Crippen molar-refractivity contribution < 1.29 is 4.79 Å². The van der Waals surface area contributed by atoms with Crippen molar-refractivity contribution in [3.63, 3.8) is 0 Å². The first kappa shape index (κ1) is 13.0. The number of nitrogens with zero attached hydrogens (tertiary/aromatic N) is 1. The summed E-state index contributed by atoms with van der Waals surface area (Å²) in [5.74, 6) is 0.929. The molecule has 0 unspecified atom stereocenters. The number of benzene rings is 1. The Bertz CT molecular complexity index is 401. The highest BCUT2D eigenvalue weighted by molar-refractivity contribution is 6.63. The maximum absolute atomic E-state index is 10.7. The molecule has 0 aromatic heterocycles. The highest BCUT2D eigenvalue weighted by Crippen LogP contribution is 2.08. The summed E-state index contributed by atoms with van der Waals surface area (Å²) < 4.78 is 0. The Kier molecular flexibility index (Phi) is 4.77. The predicted octanol–water partition coefficient (Wildman–Crippen LogP) is 1.77. The molecule has 1 aromatic rings. The zero-order valence-corrected chi connectivity index (χ0v) is 10.1. The molecule has 0 atom stereocenters. The normalized spacial score (nSPS) is 13.7. The van der Waals surface area contributed by atoms with E-state index in [1.54, 1.807) is 0 Å². The molecule has 1 heterocycles. The molecule has 0 fully saturated rings. The third kappa shape index (κ3) is 3.22. The standard InChI is InChI=1S/C11H11ClN2O.ClH/c12-10(15)7-8-1-3-9(4-2-8)11-13-5-6-14-11;/h1-4H,5-7H2,(H,13,14);1H. The van der Waals surface area contributed by atoms with Crippen LogP contribution in [0.15, 0.2) is 29.3 Å². The second-order valence-electron chi connectivity index (χ2n) is 3.39. The number of carbonyl (C=O) groups excluding carboxylic acids is 1. The van der Waals surface area contributed by atoms with Crippen LogP contribution in [0.25, 0.3) is 0 Å². The van der Waals surface area contributed by atoms with Crippen molar-refractivity contribution in [2.24, 2.45) is 4.99 Å². The van der Waals surface area contributed by atoms with Crippen LogP contribution in [0.4, 0.5) is 0 Å². The number of aliphatic imine (C=N–C) groups is 1. The average molecular weight is 259 g/mol. The van der Waals surface area contributed by atoms with E-state index in [1.807, 2.05) is 24.3 Å². The van der Waals surface area contributed by atoms with Gasteiger partial charge in [-0.3, -0.25) is 9.79 Å². The number of hydrogen-bond donors (Lipinski definition) is 1. The van der Waals surface area contributed by atoms with E-state index < -0.39 is 0 Å². The van der Waals surface area contributed by atoms with Crippen molar-refractivity contribution in [1.82, 2.24) is 5.32 Å². The van der Waals surface area contributed by atoms with Gasteiger partial charge in [0.1, 0.15) is 5.84 Å².